The van der Waals surface area contributed by atoms with Crippen LogP contribution in [0, 0.1) is 0 Å². The fourth-order valence-electron chi connectivity index (χ4n) is 2.69. The number of methoxy groups -OCH3 is 1. The summed E-state index contributed by atoms with van der Waals surface area (Å²) in [7, 11) is 1.43. The van der Waals surface area contributed by atoms with Crippen LogP contribution in [0.25, 0.3) is 0 Å². The van der Waals surface area contributed by atoms with Crippen molar-refractivity contribution in [2.24, 2.45) is 0 Å². The molecule has 0 saturated heterocycles. The van der Waals surface area contributed by atoms with Gasteiger partial charge in [-0.15, -0.1) is 13.2 Å². The Morgan fingerprint density at radius 3 is 2.35 bits per heavy atom. The van der Waals surface area contributed by atoms with Crippen LogP contribution in [-0.4, -0.2) is 13.5 Å². The number of rotatable bonds is 4. The third kappa shape index (κ3) is 3.63. The SMILES string of the molecule is COc1cc(OC(F)(F)F)c(Br)cc1Cc1ccc2c(c1)CC2. The van der Waals surface area contributed by atoms with Gasteiger partial charge in [0.1, 0.15) is 11.5 Å². The van der Waals surface area contributed by atoms with Gasteiger partial charge in [-0.3, -0.25) is 0 Å². The fourth-order valence-corrected chi connectivity index (χ4v) is 3.16. The molecule has 23 heavy (non-hydrogen) atoms. The minimum absolute atomic E-state index is 0.245. The van der Waals surface area contributed by atoms with Crippen molar-refractivity contribution in [2.75, 3.05) is 7.11 Å². The molecule has 3 rings (SSSR count). The monoisotopic (exact) mass is 386 g/mol. The summed E-state index contributed by atoms with van der Waals surface area (Å²) in [6, 6.07) is 9.17. The molecule has 2 aromatic carbocycles. The number of hydrogen-bond donors (Lipinski definition) is 0. The van der Waals surface area contributed by atoms with E-state index in [1.165, 1.54) is 24.3 Å². The number of fused-ring (bicyclic) bond motifs is 1. The van der Waals surface area contributed by atoms with Crippen molar-refractivity contribution in [1.82, 2.24) is 0 Å². The average Bonchev–Trinajstić information content (AvgIpc) is 2.43. The molecule has 2 nitrogen and oxygen atoms in total. The fraction of sp³-hybridized carbons (Fsp3) is 0.294. The highest BCUT2D eigenvalue weighted by Gasteiger charge is 2.32. The van der Waals surface area contributed by atoms with Crippen molar-refractivity contribution in [2.45, 2.75) is 25.6 Å². The molecule has 0 bridgehead atoms. The third-order valence-corrected chi connectivity index (χ3v) is 4.51. The van der Waals surface area contributed by atoms with Crippen LogP contribution in [0.15, 0.2) is 34.8 Å². The van der Waals surface area contributed by atoms with E-state index in [0.717, 1.165) is 24.0 Å². The van der Waals surface area contributed by atoms with Gasteiger partial charge in [-0.05, 0) is 57.1 Å². The van der Waals surface area contributed by atoms with E-state index >= 15 is 0 Å². The standard InChI is InChI=1S/C17H14BrF3O2/c1-22-15-9-16(23-17(19,20)21)14(18)8-13(15)7-10-2-3-11-4-5-12(11)6-10/h2-3,6,8-9H,4-5,7H2,1H3. The molecular formula is C17H14BrF3O2. The zero-order valence-electron chi connectivity index (χ0n) is 12.3. The minimum atomic E-state index is -4.74. The van der Waals surface area contributed by atoms with Crippen molar-refractivity contribution in [1.29, 1.82) is 0 Å². The molecule has 0 aliphatic heterocycles. The number of aryl methyl sites for hydroxylation is 2. The van der Waals surface area contributed by atoms with Gasteiger partial charge in [-0.25, -0.2) is 0 Å². The number of benzene rings is 2. The van der Waals surface area contributed by atoms with Crippen LogP contribution < -0.4 is 9.47 Å². The zero-order valence-corrected chi connectivity index (χ0v) is 13.9. The van der Waals surface area contributed by atoms with Crippen LogP contribution in [-0.2, 0) is 19.3 Å². The van der Waals surface area contributed by atoms with Crippen molar-refractivity contribution in [3.8, 4) is 11.5 Å². The number of hydrogen-bond acceptors (Lipinski definition) is 2. The first-order valence-corrected chi connectivity index (χ1v) is 7.88. The first-order chi connectivity index (χ1) is 10.9. The van der Waals surface area contributed by atoms with Gasteiger partial charge < -0.3 is 9.47 Å². The van der Waals surface area contributed by atoms with Crippen LogP contribution >= 0.6 is 15.9 Å². The highest BCUT2D eigenvalue weighted by molar-refractivity contribution is 9.10. The summed E-state index contributed by atoms with van der Waals surface area (Å²) in [6.07, 6.45) is -1.95. The van der Waals surface area contributed by atoms with E-state index in [0.29, 0.717) is 12.2 Å². The first-order valence-electron chi connectivity index (χ1n) is 7.08. The molecule has 0 heterocycles. The molecule has 6 heteroatoms. The second kappa shape index (κ2) is 6.07. The zero-order chi connectivity index (χ0) is 16.6. The number of halogens is 4. The Kier molecular flexibility index (Phi) is 4.27. The Labute approximate surface area is 140 Å². The van der Waals surface area contributed by atoms with E-state index in [9.17, 15) is 13.2 Å². The molecule has 0 radical (unpaired) electrons. The van der Waals surface area contributed by atoms with Crippen LogP contribution in [0.5, 0.6) is 11.5 Å². The topological polar surface area (TPSA) is 18.5 Å². The van der Waals surface area contributed by atoms with Gasteiger partial charge in [0.15, 0.2) is 0 Å². The predicted octanol–water partition coefficient (Wildman–Crippen LogP) is 5.05. The highest BCUT2D eigenvalue weighted by Crippen LogP contribution is 2.37. The summed E-state index contributed by atoms with van der Waals surface area (Å²) >= 11 is 3.13. The lowest BCUT2D eigenvalue weighted by Gasteiger charge is -2.20. The lowest BCUT2D eigenvalue weighted by molar-refractivity contribution is -0.274. The maximum Gasteiger partial charge on any atom is 0.573 e. The molecule has 0 fully saturated rings. The molecule has 0 unspecified atom stereocenters. The van der Waals surface area contributed by atoms with Gasteiger partial charge in [0, 0.05) is 12.5 Å². The molecule has 0 spiro atoms. The Morgan fingerprint density at radius 2 is 1.78 bits per heavy atom. The maximum atomic E-state index is 12.4. The molecule has 0 N–H and O–H groups in total. The van der Waals surface area contributed by atoms with E-state index in [1.807, 2.05) is 6.07 Å². The first kappa shape index (κ1) is 16.2. The smallest absolute Gasteiger partial charge is 0.496 e. The molecular weight excluding hydrogens is 373 g/mol. The van der Waals surface area contributed by atoms with Gasteiger partial charge in [0.2, 0.25) is 0 Å². The van der Waals surface area contributed by atoms with Gasteiger partial charge in [0.05, 0.1) is 11.6 Å². The van der Waals surface area contributed by atoms with Crippen LogP contribution in [0.1, 0.15) is 22.3 Å². The highest BCUT2D eigenvalue weighted by atomic mass is 79.9. The number of ether oxygens (including phenoxy) is 2. The van der Waals surface area contributed by atoms with Gasteiger partial charge in [-0.1, -0.05) is 18.2 Å². The van der Waals surface area contributed by atoms with E-state index in [-0.39, 0.29) is 10.2 Å². The molecule has 0 aromatic heterocycles. The van der Waals surface area contributed by atoms with Gasteiger partial charge >= 0.3 is 6.36 Å². The second-order valence-corrected chi connectivity index (χ2v) is 6.28. The Morgan fingerprint density at radius 1 is 1.04 bits per heavy atom. The Bertz CT molecular complexity index is 741. The van der Waals surface area contributed by atoms with Crippen LogP contribution in [0.3, 0.4) is 0 Å². The summed E-state index contributed by atoms with van der Waals surface area (Å²) in [6.45, 7) is 0. The summed E-state index contributed by atoms with van der Waals surface area (Å²) < 4.78 is 46.7. The molecule has 0 amide bonds. The summed E-state index contributed by atoms with van der Waals surface area (Å²) in [4.78, 5) is 0. The summed E-state index contributed by atoms with van der Waals surface area (Å²) in [5, 5.41) is 0. The predicted molar refractivity (Wildman–Crippen MR) is 84.0 cm³/mol. The molecule has 122 valence electrons. The average molecular weight is 387 g/mol. The number of alkyl halides is 3. The Balaban J connectivity index is 1.89. The van der Waals surface area contributed by atoms with Gasteiger partial charge in [0.25, 0.3) is 0 Å². The molecule has 0 atom stereocenters. The van der Waals surface area contributed by atoms with Crippen molar-refractivity contribution in [3.63, 3.8) is 0 Å². The van der Waals surface area contributed by atoms with Crippen molar-refractivity contribution >= 4 is 15.9 Å². The van der Waals surface area contributed by atoms with E-state index in [4.69, 9.17) is 4.74 Å². The molecule has 1 aliphatic rings. The van der Waals surface area contributed by atoms with Crippen LogP contribution in [0.2, 0.25) is 0 Å². The van der Waals surface area contributed by atoms with Crippen LogP contribution in [0.4, 0.5) is 13.2 Å². The van der Waals surface area contributed by atoms with Crippen molar-refractivity contribution in [3.05, 3.63) is 57.1 Å². The summed E-state index contributed by atoms with van der Waals surface area (Å²) in [5.41, 5.74) is 4.62. The lowest BCUT2D eigenvalue weighted by atomic mass is 9.86. The van der Waals surface area contributed by atoms with Crippen molar-refractivity contribution < 1.29 is 22.6 Å². The molecule has 2 aromatic rings. The Hall–Kier alpha value is -1.69. The van der Waals surface area contributed by atoms with E-state index in [2.05, 4.69) is 32.8 Å². The quantitative estimate of drug-likeness (QED) is 0.732. The second-order valence-electron chi connectivity index (χ2n) is 5.42. The van der Waals surface area contributed by atoms with E-state index in [1.54, 1.807) is 6.07 Å². The third-order valence-electron chi connectivity index (χ3n) is 3.89. The normalized spacial score (nSPS) is 13.3. The minimum Gasteiger partial charge on any atom is -0.496 e. The maximum absolute atomic E-state index is 12.4. The summed E-state index contributed by atoms with van der Waals surface area (Å²) in [5.74, 6) is 0.0605. The van der Waals surface area contributed by atoms with Gasteiger partial charge in [-0.2, -0.15) is 0 Å². The molecule has 1 aliphatic carbocycles. The lowest BCUT2D eigenvalue weighted by Crippen LogP contribution is -2.17. The largest absolute Gasteiger partial charge is 0.573 e. The van der Waals surface area contributed by atoms with E-state index < -0.39 is 6.36 Å². The molecule has 0 saturated carbocycles.